The largest absolute Gasteiger partial charge is 0.503 e. The van der Waals surface area contributed by atoms with Gasteiger partial charge in [-0.1, -0.05) is 0 Å². The van der Waals surface area contributed by atoms with Gasteiger partial charge in [0.1, 0.15) is 11.4 Å². The molecule has 0 unspecified atom stereocenters. The second-order valence-corrected chi connectivity index (χ2v) is 8.05. The minimum atomic E-state index is -1.82. The van der Waals surface area contributed by atoms with Gasteiger partial charge in [-0.25, -0.2) is 17.6 Å². The lowest BCUT2D eigenvalue weighted by atomic mass is 10.3. The van der Waals surface area contributed by atoms with E-state index in [4.69, 9.17) is 10.2 Å². The SMILES string of the molecule is Oc1c(F)c(F)c(Br)c(F)c1F.Oc1c(F)c(F)c(Br)c(F)c1F.c1cncc(N=Nc2cccnc2)c1. The Morgan fingerprint density at radius 3 is 1.05 bits per heavy atom. The molecule has 0 fully saturated rings. The molecule has 0 spiro atoms. The van der Waals surface area contributed by atoms with Gasteiger partial charge in [0, 0.05) is 12.4 Å². The third kappa shape index (κ3) is 7.44. The van der Waals surface area contributed by atoms with E-state index in [1.807, 2.05) is 24.3 Å². The number of halogens is 10. The minimum absolute atomic E-state index is 0.733. The fourth-order valence-electron chi connectivity index (χ4n) is 2.13. The first-order valence-corrected chi connectivity index (χ1v) is 11.1. The molecule has 0 atom stereocenters. The molecule has 4 rings (SSSR count). The van der Waals surface area contributed by atoms with Crippen molar-refractivity contribution in [2.24, 2.45) is 10.2 Å². The zero-order valence-corrected chi connectivity index (χ0v) is 21.3. The van der Waals surface area contributed by atoms with Crippen molar-refractivity contribution in [3.8, 4) is 11.5 Å². The number of aromatic nitrogens is 2. The maximum atomic E-state index is 12.4. The monoisotopic (exact) mass is 672 g/mol. The Kier molecular flexibility index (Phi) is 11.1. The van der Waals surface area contributed by atoms with Gasteiger partial charge in [-0.05, 0) is 56.1 Å². The summed E-state index contributed by atoms with van der Waals surface area (Å²) in [6.07, 6.45) is 6.70. The van der Waals surface area contributed by atoms with Gasteiger partial charge in [-0.2, -0.15) is 17.6 Å². The number of phenolic OH excluding ortho intramolecular Hbond substituents is 2. The van der Waals surface area contributed by atoms with Gasteiger partial charge in [0.25, 0.3) is 0 Å². The standard InChI is InChI=1S/C10H8N4.2C6HBrF4O/c1-3-9(7-11-5-1)13-14-10-4-2-6-12-8-10;2*7-1-2(8)4(10)6(12)5(11)3(1)9/h1-8H;2*12H. The lowest BCUT2D eigenvalue weighted by Crippen LogP contribution is -1.96. The molecular formula is C22H10Br2F8N4O2. The summed E-state index contributed by atoms with van der Waals surface area (Å²) < 4.78 is 97.3. The van der Waals surface area contributed by atoms with Crippen LogP contribution in [-0.4, -0.2) is 20.2 Å². The Labute approximate surface area is 224 Å². The van der Waals surface area contributed by atoms with E-state index < -0.39 is 67.0 Å². The van der Waals surface area contributed by atoms with Gasteiger partial charge in [-0.15, -0.1) is 10.2 Å². The third-order valence-electron chi connectivity index (χ3n) is 3.95. The zero-order valence-electron chi connectivity index (χ0n) is 18.1. The highest BCUT2D eigenvalue weighted by molar-refractivity contribution is 9.10. The molecule has 2 N–H and O–H groups in total. The molecule has 0 saturated carbocycles. The fourth-order valence-corrected chi connectivity index (χ4v) is 2.82. The van der Waals surface area contributed by atoms with Crippen LogP contribution in [0.2, 0.25) is 0 Å². The molecule has 0 amide bonds. The van der Waals surface area contributed by atoms with Gasteiger partial charge in [0.05, 0.1) is 21.3 Å². The molecule has 0 aliphatic heterocycles. The molecule has 0 radical (unpaired) electrons. The van der Waals surface area contributed by atoms with Crippen molar-refractivity contribution in [1.82, 2.24) is 9.97 Å². The maximum Gasteiger partial charge on any atom is 0.204 e. The first-order valence-electron chi connectivity index (χ1n) is 9.51. The van der Waals surface area contributed by atoms with Crippen molar-refractivity contribution >= 4 is 43.2 Å². The molecule has 16 heteroatoms. The van der Waals surface area contributed by atoms with E-state index >= 15 is 0 Å². The highest BCUT2D eigenvalue weighted by atomic mass is 79.9. The van der Waals surface area contributed by atoms with Crippen LogP contribution in [0.15, 0.2) is 68.2 Å². The number of benzene rings is 2. The van der Waals surface area contributed by atoms with Gasteiger partial charge >= 0.3 is 0 Å². The molecule has 0 aliphatic carbocycles. The Hall–Kier alpha value is -3.66. The third-order valence-corrected chi connectivity index (χ3v) is 5.34. The molecule has 4 aromatic rings. The minimum Gasteiger partial charge on any atom is -0.503 e. The van der Waals surface area contributed by atoms with Crippen LogP contribution >= 0.6 is 31.9 Å². The van der Waals surface area contributed by atoms with E-state index in [2.05, 4.69) is 52.1 Å². The van der Waals surface area contributed by atoms with Crippen molar-refractivity contribution < 1.29 is 45.3 Å². The molecule has 2 aromatic carbocycles. The summed E-state index contributed by atoms with van der Waals surface area (Å²) in [5.74, 6) is -17.2. The molecule has 38 heavy (non-hydrogen) atoms. The van der Waals surface area contributed by atoms with Crippen LogP contribution in [0.4, 0.5) is 46.5 Å². The number of hydrogen-bond acceptors (Lipinski definition) is 6. The number of pyridine rings is 2. The lowest BCUT2D eigenvalue weighted by Gasteiger charge is -2.02. The van der Waals surface area contributed by atoms with Crippen LogP contribution in [0.1, 0.15) is 0 Å². The van der Waals surface area contributed by atoms with E-state index in [1.165, 1.54) is 0 Å². The summed E-state index contributed by atoms with van der Waals surface area (Å²) >= 11 is 4.55. The van der Waals surface area contributed by atoms with Crippen LogP contribution < -0.4 is 0 Å². The Morgan fingerprint density at radius 1 is 0.526 bits per heavy atom. The number of hydrogen-bond donors (Lipinski definition) is 2. The first-order chi connectivity index (χ1) is 17.9. The topological polar surface area (TPSA) is 91.0 Å². The number of aromatic hydroxyl groups is 2. The molecule has 2 aromatic heterocycles. The van der Waals surface area contributed by atoms with E-state index in [1.54, 1.807) is 24.8 Å². The number of phenols is 2. The van der Waals surface area contributed by atoms with Gasteiger partial charge in [-0.3, -0.25) is 9.97 Å². The second-order valence-electron chi connectivity index (χ2n) is 6.46. The van der Waals surface area contributed by atoms with E-state index in [0.29, 0.717) is 0 Å². The molecule has 0 bridgehead atoms. The van der Waals surface area contributed by atoms with E-state index in [0.717, 1.165) is 11.4 Å². The molecule has 2 heterocycles. The molecule has 0 saturated heterocycles. The van der Waals surface area contributed by atoms with Crippen molar-refractivity contribution in [3.63, 3.8) is 0 Å². The van der Waals surface area contributed by atoms with Crippen LogP contribution in [0, 0.1) is 46.5 Å². The highest BCUT2D eigenvalue weighted by Gasteiger charge is 2.24. The quantitative estimate of drug-likeness (QED) is 0.0969. The summed E-state index contributed by atoms with van der Waals surface area (Å²) in [5, 5.41) is 24.9. The normalized spacial score (nSPS) is 10.5. The van der Waals surface area contributed by atoms with Crippen molar-refractivity contribution in [2.75, 3.05) is 0 Å². The Balaban J connectivity index is 0.000000201. The van der Waals surface area contributed by atoms with Gasteiger partial charge in [0.2, 0.25) is 23.3 Å². The smallest absolute Gasteiger partial charge is 0.204 e. The molecule has 0 aliphatic rings. The zero-order chi connectivity index (χ0) is 28.6. The van der Waals surface area contributed by atoms with Crippen molar-refractivity contribution in [1.29, 1.82) is 0 Å². The average Bonchev–Trinajstić information content (AvgIpc) is 2.95. The van der Waals surface area contributed by atoms with Gasteiger partial charge in [0.15, 0.2) is 34.8 Å². The van der Waals surface area contributed by atoms with Crippen LogP contribution in [-0.2, 0) is 0 Å². The van der Waals surface area contributed by atoms with Crippen molar-refractivity contribution in [3.05, 3.63) is 105 Å². The second kappa shape index (κ2) is 13.8. The average molecular weight is 674 g/mol. The highest BCUT2D eigenvalue weighted by Crippen LogP contribution is 2.32. The summed E-state index contributed by atoms with van der Waals surface area (Å²) in [5.41, 5.74) is 1.47. The molecular weight excluding hydrogens is 664 g/mol. The van der Waals surface area contributed by atoms with Crippen LogP contribution in [0.25, 0.3) is 0 Å². The van der Waals surface area contributed by atoms with Crippen LogP contribution in [0.5, 0.6) is 11.5 Å². The van der Waals surface area contributed by atoms with E-state index in [9.17, 15) is 35.1 Å². The lowest BCUT2D eigenvalue weighted by molar-refractivity contribution is 0.353. The maximum absolute atomic E-state index is 12.4. The summed E-state index contributed by atoms with van der Waals surface area (Å²) in [6.45, 7) is 0. The predicted octanol–water partition coefficient (Wildman–Crippen LogP) is 8.31. The molecule has 6 nitrogen and oxygen atoms in total. The first kappa shape index (κ1) is 30.6. The predicted molar refractivity (Wildman–Crippen MR) is 124 cm³/mol. The summed E-state index contributed by atoms with van der Waals surface area (Å²) in [7, 11) is 0. The van der Waals surface area contributed by atoms with Crippen LogP contribution in [0.3, 0.4) is 0 Å². The number of nitrogens with zero attached hydrogens (tertiary/aromatic N) is 4. The summed E-state index contributed by atoms with van der Waals surface area (Å²) in [4.78, 5) is 7.86. The van der Waals surface area contributed by atoms with Crippen molar-refractivity contribution in [2.45, 2.75) is 0 Å². The number of rotatable bonds is 2. The fraction of sp³-hybridized carbons (Fsp3) is 0. The molecule has 200 valence electrons. The van der Waals surface area contributed by atoms with E-state index in [-0.39, 0.29) is 0 Å². The van der Waals surface area contributed by atoms with Gasteiger partial charge < -0.3 is 10.2 Å². The summed E-state index contributed by atoms with van der Waals surface area (Å²) in [6, 6.07) is 7.31. The Morgan fingerprint density at radius 2 is 0.816 bits per heavy atom. The Bertz CT molecular complexity index is 1130. The number of azo groups is 1.